The molecule has 0 saturated carbocycles. The van der Waals surface area contributed by atoms with Gasteiger partial charge >= 0.3 is 0 Å². The van der Waals surface area contributed by atoms with Crippen LogP contribution in [0.1, 0.15) is 10.4 Å². The topological polar surface area (TPSA) is 76.3 Å². The molecule has 0 aliphatic carbocycles. The van der Waals surface area contributed by atoms with Gasteiger partial charge < -0.3 is 4.90 Å². The van der Waals surface area contributed by atoms with Gasteiger partial charge in [0.15, 0.2) is 0 Å². The molecule has 0 unspecified atom stereocenters. The van der Waals surface area contributed by atoms with Crippen molar-refractivity contribution >= 4 is 17.3 Å². The Morgan fingerprint density at radius 2 is 2.15 bits per heavy atom. The van der Waals surface area contributed by atoms with Crippen LogP contribution in [0.25, 0.3) is 0 Å². The number of benzene rings is 1. The monoisotopic (exact) mass is 275 g/mol. The number of nitrogens with zero attached hydrogens (tertiary/aromatic N) is 3. The fourth-order valence-corrected chi connectivity index (χ4v) is 1.69. The van der Waals surface area contributed by atoms with Gasteiger partial charge in [-0.15, -0.1) is 0 Å². The Morgan fingerprint density at radius 1 is 1.40 bits per heavy atom. The Morgan fingerprint density at radius 3 is 2.75 bits per heavy atom. The molecule has 2 aromatic rings. The highest BCUT2D eigenvalue weighted by atomic mass is 19.1. The summed E-state index contributed by atoms with van der Waals surface area (Å²) in [5.41, 5.74) is -0.287. The molecule has 20 heavy (non-hydrogen) atoms. The van der Waals surface area contributed by atoms with Crippen LogP contribution in [0.4, 0.5) is 15.8 Å². The molecule has 1 amide bonds. The van der Waals surface area contributed by atoms with E-state index in [1.165, 1.54) is 24.3 Å². The number of pyridine rings is 1. The van der Waals surface area contributed by atoms with E-state index in [-0.39, 0.29) is 5.56 Å². The second-order valence-corrected chi connectivity index (χ2v) is 3.99. The molecular weight excluding hydrogens is 265 g/mol. The molecule has 0 aliphatic heterocycles. The largest absolute Gasteiger partial charge is 0.310 e. The number of anilines is 1. The maximum Gasteiger partial charge on any atom is 0.282 e. The lowest BCUT2D eigenvalue weighted by Crippen LogP contribution is -2.27. The smallest absolute Gasteiger partial charge is 0.282 e. The van der Waals surface area contributed by atoms with Gasteiger partial charge in [-0.25, -0.2) is 4.39 Å². The van der Waals surface area contributed by atoms with Crippen LogP contribution in [0.3, 0.4) is 0 Å². The Hall–Kier alpha value is -2.83. The molecule has 0 atom stereocenters. The van der Waals surface area contributed by atoms with Crippen molar-refractivity contribution < 1.29 is 14.1 Å². The third kappa shape index (κ3) is 2.61. The normalized spacial score (nSPS) is 10.1. The Labute approximate surface area is 113 Å². The minimum atomic E-state index is -0.718. The Kier molecular flexibility index (Phi) is 3.69. The summed E-state index contributed by atoms with van der Waals surface area (Å²) in [4.78, 5) is 27.5. The van der Waals surface area contributed by atoms with Crippen LogP contribution in [0.15, 0.2) is 42.7 Å². The third-order valence-corrected chi connectivity index (χ3v) is 2.72. The molecule has 0 saturated heterocycles. The first kappa shape index (κ1) is 13.6. The molecule has 0 spiro atoms. The number of hydrogen-bond acceptors (Lipinski definition) is 4. The van der Waals surface area contributed by atoms with Crippen molar-refractivity contribution in [1.82, 2.24) is 4.98 Å². The van der Waals surface area contributed by atoms with Gasteiger partial charge in [0.25, 0.3) is 11.6 Å². The highest BCUT2D eigenvalue weighted by molar-refractivity contribution is 6.08. The van der Waals surface area contributed by atoms with Crippen LogP contribution in [-0.2, 0) is 0 Å². The van der Waals surface area contributed by atoms with Crippen LogP contribution >= 0.6 is 0 Å². The summed E-state index contributed by atoms with van der Waals surface area (Å²) in [7, 11) is 1.44. The summed E-state index contributed by atoms with van der Waals surface area (Å²) < 4.78 is 13.2. The summed E-state index contributed by atoms with van der Waals surface area (Å²) in [6.45, 7) is 0. The minimum Gasteiger partial charge on any atom is -0.310 e. The molecule has 2 rings (SSSR count). The molecule has 0 aliphatic rings. The van der Waals surface area contributed by atoms with Crippen molar-refractivity contribution in [2.45, 2.75) is 0 Å². The molecule has 1 heterocycles. The zero-order chi connectivity index (χ0) is 14.7. The van der Waals surface area contributed by atoms with E-state index in [2.05, 4.69) is 4.98 Å². The number of carbonyl (C=O) groups is 1. The molecule has 0 radical (unpaired) electrons. The summed E-state index contributed by atoms with van der Waals surface area (Å²) >= 11 is 0. The summed E-state index contributed by atoms with van der Waals surface area (Å²) in [6, 6.07) is 6.01. The SMILES string of the molecule is CN(C(=O)c1cc(F)ccc1[N+](=O)[O-])c1cccnc1. The number of carbonyl (C=O) groups excluding carboxylic acids is 1. The average molecular weight is 275 g/mol. The van der Waals surface area contributed by atoms with E-state index in [1.807, 2.05) is 0 Å². The van der Waals surface area contributed by atoms with Crippen molar-refractivity contribution in [1.29, 1.82) is 0 Å². The first-order chi connectivity index (χ1) is 9.50. The summed E-state index contributed by atoms with van der Waals surface area (Å²) in [5, 5.41) is 10.9. The van der Waals surface area contributed by atoms with E-state index in [1.54, 1.807) is 12.1 Å². The molecule has 0 bridgehead atoms. The van der Waals surface area contributed by atoms with Crippen LogP contribution < -0.4 is 4.90 Å². The van der Waals surface area contributed by atoms with Crippen molar-refractivity contribution in [3.8, 4) is 0 Å². The van der Waals surface area contributed by atoms with Crippen LogP contribution in [0.5, 0.6) is 0 Å². The zero-order valence-electron chi connectivity index (χ0n) is 10.5. The molecule has 0 N–H and O–H groups in total. The zero-order valence-corrected chi connectivity index (χ0v) is 10.5. The maximum atomic E-state index is 13.2. The van der Waals surface area contributed by atoms with E-state index < -0.39 is 22.3 Å². The van der Waals surface area contributed by atoms with Gasteiger partial charge in [-0.05, 0) is 24.3 Å². The Balaban J connectivity index is 2.43. The average Bonchev–Trinajstić information content (AvgIpc) is 2.46. The van der Waals surface area contributed by atoms with Crippen LogP contribution in [-0.4, -0.2) is 22.9 Å². The lowest BCUT2D eigenvalue weighted by Gasteiger charge is -2.16. The molecule has 6 nitrogen and oxygen atoms in total. The molecule has 7 heteroatoms. The molecule has 1 aromatic heterocycles. The number of rotatable bonds is 3. The van der Waals surface area contributed by atoms with Crippen molar-refractivity contribution in [3.63, 3.8) is 0 Å². The second-order valence-electron chi connectivity index (χ2n) is 3.99. The quantitative estimate of drug-likeness (QED) is 0.636. The number of halogens is 1. The first-order valence-corrected chi connectivity index (χ1v) is 5.62. The van der Waals surface area contributed by atoms with Crippen LogP contribution in [0, 0.1) is 15.9 Å². The van der Waals surface area contributed by atoms with Gasteiger partial charge in [0, 0.05) is 19.3 Å². The number of hydrogen-bond donors (Lipinski definition) is 0. The summed E-state index contributed by atoms with van der Waals surface area (Å²) in [5.74, 6) is -1.39. The van der Waals surface area contributed by atoms with E-state index in [4.69, 9.17) is 0 Å². The van der Waals surface area contributed by atoms with Crippen molar-refractivity contribution in [2.75, 3.05) is 11.9 Å². The lowest BCUT2D eigenvalue weighted by atomic mass is 10.1. The fraction of sp³-hybridized carbons (Fsp3) is 0.0769. The van der Waals surface area contributed by atoms with Gasteiger partial charge in [-0.2, -0.15) is 0 Å². The minimum absolute atomic E-state index is 0.304. The fourth-order valence-electron chi connectivity index (χ4n) is 1.69. The van der Waals surface area contributed by atoms with Gasteiger partial charge in [-0.3, -0.25) is 19.9 Å². The van der Waals surface area contributed by atoms with Gasteiger partial charge in [0.05, 0.1) is 16.8 Å². The maximum absolute atomic E-state index is 13.2. The highest BCUT2D eigenvalue weighted by Gasteiger charge is 2.24. The van der Waals surface area contributed by atoms with Gasteiger partial charge in [0.2, 0.25) is 0 Å². The van der Waals surface area contributed by atoms with Crippen molar-refractivity contribution in [3.05, 3.63) is 64.2 Å². The van der Waals surface area contributed by atoms with E-state index >= 15 is 0 Å². The predicted octanol–water partition coefficient (Wildman–Crippen LogP) is 2.41. The van der Waals surface area contributed by atoms with Crippen molar-refractivity contribution in [2.24, 2.45) is 0 Å². The van der Waals surface area contributed by atoms with E-state index in [0.29, 0.717) is 5.69 Å². The second kappa shape index (κ2) is 5.43. The van der Waals surface area contributed by atoms with Gasteiger partial charge in [0.1, 0.15) is 11.4 Å². The third-order valence-electron chi connectivity index (χ3n) is 2.72. The molecular formula is C13H10FN3O3. The number of amides is 1. The van der Waals surface area contributed by atoms with Crippen LogP contribution in [0.2, 0.25) is 0 Å². The highest BCUT2D eigenvalue weighted by Crippen LogP contribution is 2.23. The standard InChI is InChI=1S/C13H10FN3O3/c1-16(10-3-2-6-15-8-10)13(18)11-7-9(14)4-5-12(11)17(19)20/h2-8H,1H3. The number of nitro groups is 1. The van der Waals surface area contributed by atoms with E-state index in [9.17, 15) is 19.3 Å². The van der Waals surface area contributed by atoms with E-state index in [0.717, 1.165) is 18.2 Å². The summed E-state index contributed by atoms with van der Waals surface area (Å²) in [6.07, 6.45) is 2.97. The molecule has 0 fully saturated rings. The molecule has 102 valence electrons. The molecule has 1 aromatic carbocycles. The lowest BCUT2D eigenvalue weighted by molar-refractivity contribution is -0.385. The number of nitro benzene ring substituents is 1. The Bertz CT molecular complexity index is 661. The predicted molar refractivity (Wildman–Crippen MR) is 70.0 cm³/mol. The van der Waals surface area contributed by atoms with Gasteiger partial charge in [-0.1, -0.05) is 0 Å². The first-order valence-electron chi connectivity index (χ1n) is 5.62. The number of aromatic nitrogens is 1.